The highest BCUT2D eigenvalue weighted by Crippen LogP contribution is 2.37. The van der Waals surface area contributed by atoms with Gasteiger partial charge in [-0.2, -0.15) is 0 Å². The topological polar surface area (TPSA) is 79.5 Å². The molecule has 0 saturated carbocycles. The Morgan fingerprint density at radius 1 is 1.43 bits per heavy atom. The van der Waals surface area contributed by atoms with Gasteiger partial charge in [-0.1, -0.05) is 17.4 Å². The number of thiazole rings is 1. The van der Waals surface area contributed by atoms with Crippen molar-refractivity contribution in [2.24, 2.45) is 0 Å². The molecule has 2 aromatic rings. The van der Waals surface area contributed by atoms with E-state index in [2.05, 4.69) is 4.98 Å². The van der Waals surface area contributed by atoms with Crippen LogP contribution in [0.5, 0.6) is 5.75 Å². The third-order valence-electron chi connectivity index (χ3n) is 3.18. The second-order valence-electron chi connectivity index (χ2n) is 4.93. The van der Waals surface area contributed by atoms with Crippen LogP contribution in [0.3, 0.4) is 0 Å². The zero-order valence-corrected chi connectivity index (χ0v) is 13.1. The summed E-state index contributed by atoms with van der Waals surface area (Å²) in [6, 6.07) is 5.41. The van der Waals surface area contributed by atoms with Crippen molar-refractivity contribution in [2.45, 2.75) is 24.2 Å². The highest BCUT2D eigenvalue weighted by molar-refractivity contribution is 7.94. The number of aromatic amines is 1. The molecule has 1 atom stereocenters. The molecular weight excluding hydrogens is 312 g/mol. The average molecular weight is 326 g/mol. The molecule has 0 bridgehead atoms. The zero-order valence-electron chi connectivity index (χ0n) is 11.5. The lowest BCUT2D eigenvalue weighted by molar-refractivity contribution is 0.219. The Hall–Kier alpha value is -1.80. The van der Waals surface area contributed by atoms with Gasteiger partial charge in [-0.05, 0) is 31.5 Å². The number of aromatic nitrogens is 1. The number of ether oxygens (including phenoxy) is 1. The number of rotatable bonds is 2. The van der Waals surface area contributed by atoms with Crippen LogP contribution in [0.1, 0.15) is 12.5 Å². The van der Waals surface area contributed by atoms with Crippen molar-refractivity contribution < 1.29 is 13.2 Å². The number of nitrogens with one attached hydrogen (secondary N) is 1. The van der Waals surface area contributed by atoms with Crippen LogP contribution >= 0.6 is 11.3 Å². The van der Waals surface area contributed by atoms with E-state index in [-0.39, 0.29) is 21.7 Å². The van der Waals surface area contributed by atoms with Gasteiger partial charge >= 0.3 is 4.87 Å². The van der Waals surface area contributed by atoms with Crippen LogP contribution in [0.2, 0.25) is 0 Å². The lowest BCUT2D eigenvalue weighted by Gasteiger charge is -2.33. The minimum atomic E-state index is -3.76. The first-order chi connectivity index (χ1) is 9.88. The highest BCUT2D eigenvalue weighted by Gasteiger charge is 2.34. The molecule has 0 radical (unpaired) electrons. The number of anilines is 1. The number of H-pyrrole nitrogens is 1. The van der Waals surface area contributed by atoms with E-state index >= 15 is 0 Å². The Morgan fingerprint density at radius 3 is 2.86 bits per heavy atom. The average Bonchev–Trinajstić information content (AvgIpc) is 2.86. The summed E-state index contributed by atoms with van der Waals surface area (Å²) in [4.78, 5) is 13.2. The molecule has 0 spiro atoms. The van der Waals surface area contributed by atoms with Gasteiger partial charge in [0, 0.05) is 6.20 Å². The van der Waals surface area contributed by atoms with Crippen LogP contribution in [0.4, 0.5) is 5.69 Å². The molecule has 21 heavy (non-hydrogen) atoms. The molecule has 1 aliphatic rings. The third kappa shape index (κ3) is 2.44. The Balaban J connectivity index is 2.15. The Kier molecular flexibility index (Phi) is 3.29. The van der Waals surface area contributed by atoms with Crippen LogP contribution in [-0.4, -0.2) is 26.1 Å². The van der Waals surface area contributed by atoms with Crippen LogP contribution in [-0.2, 0) is 10.0 Å². The first-order valence-electron chi connectivity index (χ1n) is 6.36. The van der Waals surface area contributed by atoms with Crippen molar-refractivity contribution >= 4 is 27.0 Å². The lowest BCUT2D eigenvalue weighted by atomic mass is 10.2. The van der Waals surface area contributed by atoms with E-state index in [4.69, 9.17) is 4.74 Å². The summed E-state index contributed by atoms with van der Waals surface area (Å²) < 4.78 is 32.5. The molecule has 1 aliphatic heterocycles. The maximum absolute atomic E-state index is 12.7. The molecule has 3 rings (SSSR count). The molecule has 0 amide bonds. The largest absolute Gasteiger partial charge is 0.487 e. The van der Waals surface area contributed by atoms with Gasteiger partial charge in [-0.15, -0.1) is 0 Å². The Bertz CT molecular complexity index is 838. The van der Waals surface area contributed by atoms with Crippen molar-refractivity contribution in [1.82, 2.24) is 4.98 Å². The molecule has 112 valence electrons. The van der Waals surface area contributed by atoms with E-state index in [0.717, 1.165) is 5.56 Å². The highest BCUT2D eigenvalue weighted by atomic mass is 32.2. The summed E-state index contributed by atoms with van der Waals surface area (Å²) in [6.07, 6.45) is 0.975. The summed E-state index contributed by atoms with van der Waals surface area (Å²) in [6.45, 7) is 3.91. The van der Waals surface area contributed by atoms with Gasteiger partial charge in [0.1, 0.15) is 11.9 Å². The van der Waals surface area contributed by atoms with Crippen molar-refractivity contribution in [1.29, 1.82) is 0 Å². The lowest BCUT2D eigenvalue weighted by Crippen LogP contribution is -2.42. The molecule has 0 saturated heterocycles. The van der Waals surface area contributed by atoms with Gasteiger partial charge in [0.15, 0.2) is 4.21 Å². The van der Waals surface area contributed by atoms with Crippen molar-refractivity contribution in [3.05, 3.63) is 39.6 Å². The molecule has 2 heterocycles. The van der Waals surface area contributed by atoms with Crippen LogP contribution in [0.15, 0.2) is 33.4 Å². The summed E-state index contributed by atoms with van der Waals surface area (Å²) in [5.41, 5.74) is 1.45. The number of benzene rings is 1. The minimum absolute atomic E-state index is 0.00839. The SMILES string of the molecule is Cc1ccc2c(c1)N(S(=O)(=O)c1c[nH]c(=O)s1)CC(C)O2. The van der Waals surface area contributed by atoms with E-state index < -0.39 is 10.0 Å². The maximum atomic E-state index is 12.7. The molecule has 6 nitrogen and oxygen atoms in total. The van der Waals surface area contributed by atoms with Crippen molar-refractivity contribution in [3.8, 4) is 5.75 Å². The van der Waals surface area contributed by atoms with E-state index in [9.17, 15) is 13.2 Å². The molecule has 1 aromatic heterocycles. The van der Waals surface area contributed by atoms with Gasteiger partial charge in [-0.25, -0.2) is 8.42 Å². The van der Waals surface area contributed by atoms with Gasteiger partial charge in [0.05, 0.1) is 12.2 Å². The number of hydrogen-bond acceptors (Lipinski definition) is 5. The molecule has 1 aromatic carbocycles. The number of sulfonamides is 1. The Labute approximate surface area is 126 Å². The van der Waals surface area contributed by atoms with Gasteiger partial charge in [0.2, 0.25) is 0 Å². The molecule has 0 aliphatic carbocycles. The van der Waals surface area contributed by atoms with Crippen LogP contribution < -0.4 is 13.9 Å². The van der Waals surface area contributed by atoms with E-state index in [1.807, 2.05) is 19.9 Å². The smallest absolute Gasteiger partial charge is 0.305 e. The van der Waals surface area contributed by atoms with Gasteiger partial charge in [-0.3, -0.25) is 9.10 Å². The first-order valence-corrected chi connectivity index (χ1v) is 8.62. The number of hydrogen-bond donors (Lipinski definition) is 1. The van der Waals surface area contributed by atoms with E-state index in [1.165, 1.54) is 10.5 Å². The maximum Gasteiger partial charge on any atom is 0.305 e. The monoisotopic (exact) mass is 326 g/mol. The van der Waals surface area contributed by atoms with E-state index in [0.29, 0.717) is 22.8 Å². The molecular formula is C13H14N2O4S2. The normalized spacial score (nSPS) is 18.2. The molecule has 8 heteroatoms. The predicted molar refractivity (Wildman–Crippen MR) is 80.7 cm³/mol. The first kappa shape index (κ1) is 14.2. The van der Waals surface area contributed by atoms with Gasteiger partial charge in [0.25, 0.3) is 10.0 Å². The summed E-state index contributed by atoms with van der Waals surface area (Å²) in [5, 5.41) is 0. The summed E-state index contributed by atoms with van der Waals surface area (Å²) in [5.74, 6) is 0.533. The molecule has 0 fully saturated rings. The number of aryl methyl sites for hydroxylation is 1. The summed E-state index contributed by atoms with van der Waals surface area (Å²) in [7, 11) is -3.76. The Morgan fingerprint density at radius 2 is 2.19 bits per heavy atom. The predicted octanol–water partition coefficient (Wildman–Crippen LogP) is 1.72. The fraction of sp³-hybridized carbons (Fsp3) is 0.308. The molecule has 1 unspecified atom stereocenters. The zero-order chi connectivity index (χ0) is 15.2. The standard InChI is InChI=1S/C13H14N2O4S2/c1-8-3-4-11-10(5-8)15(7-9(2)19-11)21(17,18)12-6-14-13(16)20-12/h3-6,9H,7H2,1-2H3,(H,14,16). The fourth-order valence-corrected chi connectivity index (χ4v) is 4.81. The van der Waals surface area contributed by atoms with Crippen molar-refractivity contribution in [2.75, 3.05) is 10.8 Å². The summed E-state index contributed by atoms with van der Waals surface area (Å²) >= 11 is 0.687. The van der Waals surface area contributed by atoms with Crippen molar-refractivity contribution in [3.63, 3.8) is 0 Å². The van der Waals surface area contributed by atoms with E-state index in [1.54, 1.807) is 12.1 Å². The van der Waals surface area contributed by atoms with Gasteiger partial charge < -0.3 is 9.72 Å². The quantitative estimate of drug-likeness (QED) is 0.911. The molecule has 1 N–H and O–H groups in total. The van der Waals surface area contributed by atoms with Crippen LogP contribution in [0.25, 0.3) is 0 Å². The fourth-order valence-electron chi connectivity index (χ4n) is 2.24. The minimum Gasteiger partial charge on any atom is -0.487 e. The number of fused-ring (bicyclic) bond motifs is 1. The van der Waals surface area contributed by atoms with Crippen LogP contribution in [0, 0.1) is 6.92 Å². The second-order valence-corrected chi connectivity index (χ2v) is 8.04. The third-order valence-corrected chi connectivity index (χ3v) is 6.24. The second kappa shape index (κ2) is 4.88. The number of nitrogens with zero attached hydrogens (tertiary/aromatic N) is 1.